The zero-order chi connectivity index (χ0) is 16.9. The van der Waals surface area contributed by atoms with E-state index >= 15 is 0 Å². The van der Waals surface area contributed by atoms with Crippen LogP contribution in [0.1, 0.15) is 51.0 Å². The van der Waals surface area contributed by atoms with E-state index < -0.39 is 0 Å². The number of fused-ring (bicyclic) bond motifs is 1. The van der Waals surface area contributed by atoms with Gasteiger partial charge in [-0.05, 0) is 44.5 Å². The molecule has 2 aromatic heterocycles. The van der Waals surface area contributed by atoms with Crippen molar-refractivity contribution in [3.63, 3.8) is 0 Å². The predicted octanol–water partition coefficient (Wildman–Crippen LogP) is 4.23. The van der Waals surface area contributed by atoms with E-state index in [0.29, 0.717) is 5.25 Å². The standard InChI is InChI=1S/C19H24N4S/c1-13-11-23-17(14-8-10-22(12-14)19(2,3)4)16(21-18(23)24-13)15-7-5-6-9-20-15/h5-10,12-13,16-17H,11H2,1-4H3/t13-,16+,17+/m1/s1. The number of aromatic nitrogens is 2. The van der Waals surface area contributed by atoms with E-state index in [0.717, 1.165) is 12.2 Å². The molecule has 0 bridgehead atoms. The Bertz CT molecular complexity index is 759. The number of pyridine rings is 1. The Morgan fingerprint density at radius 2 is 2.04 bits per heavy atom. The van der Waals surface area contributed by atoms with Crippen LogP contribution in [0.25, 0.3) is 0 Å². The van der Waals surface area contributed by atoms with Crippen LogP contribution in [0.15, 0.2) is 47.8 Å². The van der Waals surface area contributed by atoms with Crippen LogP contribution in [0, 0.1) is 0 Å². The number of aliphatic imine (C=N–C) groups is 1. The lowest BCUT2D eigenvalue weighted by molar-refractivity contribution is 0.319. The molecule has 0 unspecified atom stereocenters. The summed E-state index contributed by atoms with van der Waals surface area (Å²) in [5, 5.41) is 1.77. The zero-order valence-corrected chi connectivity index (χ0v) is 15.5. The van der Waals surface area contributed by atoms with Gasteiger partial charge in [0.2, 0.25) is 0 Å². The monoisotopic (exact) mass is 340 g/mol. The SMILES string of the molecule is C[C@@H]1CN2C(=N[C@@H](c3ccccn3)[C@@H]2c2ccn(C(C)(C)C)c2)S1. The Kier molecular flexibility index (Phi) is 3.71. The molecule has 2 aliphatic rings. The van der Waals surface area contributed by atoms with Gasteiger partial charge in [0.05, 0.1) is 11.7 Å². The van der Waals surface area contributed by atoms with Gasteiger partial charge in [-0.15, -0.1) is 0 Å². The fourth-order valence-corrected chi connectivity index (χ4v) is 4.58. The van der Waals surface area contributed by atoms with Gasteiger partial charge in [-0.3, -0.25) is 9.98 Å². The second kappa shape index (κ2) is 5.66. The van der Waals surface area contributed by atoms with Crippen molar-refractivity contribution in [2.45, 2.75) is 50.6 Å². The highest BCUT2D eigenvalue weighted by Gasteiger charge is 2.43. The van der Waals surface area contributed by atoms with Gasteiger partial charge >= 0.3 is 0 Å². The van der Waals surface area contributed by atoms with Gasteiger partial charge in [-0.1, -0.05) is 24.8 Å². The molecule has 2 aromatic rings. The number of amidine groups is 1. The quantitative estimate of drug-likeness (QED) is 0.820. The second-order valence-corrected chi connectivity index (χ2v) is 9.07. The Labute approximate surface area is 148 Å². The molecule has 24 heavy (non-hydrogen) atoms. The third-order valence-corrected chi connectivity index (χ3v) is 5.82. The van der Waals surface area contributed by atoms with Gasteiger partial charge in [0.15, 0.2) is 5.17 Å². The Morgan fingerprint density at radius 1 is 1.21 bits per heavy atom. The van der Waals surface area contributed by atoms with Crippen LogP contribution in [-0.2, 0) is 5.54 Å². The molecule has 0 amide bonds. The molecule has 1 fully saturated rings. The topological polar surface area (TPSA) is 33.4 Å². The first-order valence-electron chi connectivity index (χ1n) is 8.54. The van der Waals surface area contributed by atoms with Crippen LogP contribution < -0.4 is 0 Å². The van der Waals surface area contributed by atoms with Crippen molar-refractivity contribution in [2.24, 2.45) is 4.99 Å². The Morgan fingerprint density at radius 3 is 2.71 bits per heavy atom. The minimum absolute atomic E-state index is 0.0806. The predicted molar refractivity (Wildman–Crippen MR) is 100 cm³/mol. The van der Waals surface area contributed by atoms with Crippen molar-refractivity contribution < 1.29 is 0 Å². The molecule has 0 N–H and O–H groups in total. The summed E-state index contributed by atoms with van der Waals surface area (Å²) >= 11 is 1.89. The molecule has 0 saturated carbocycles. The highest BCUT2D eigenvalue weighted by Crippen LogP contribution is 2.47. The van der Waals surface area contributed by atoms with Crippen molar-refractivity contribution >= 4 is 16.9 Å². The lowest BCUT2D eigenvalue weighted by atomic mass is 9.98. The van der Waals surface area contributed by atoms with Crippen LogP contribution in [0.4, 0.5) is 0 Å². The van der Waals surface area contributed by atoms with Gasteiger partial charge in [-0.2, -0.15) is 0 Å². The normalized spacial score (nSPS) is 26.6. The van der Waals surface area contributed by atoms with Gasteiger partial charge < -0.3 is 9.47 Å². The molecule has 5 heteroatoms. The molecule has 3 atom stereocenters. The minimum Gasteiger partial charge on any atom is -0.349 e. The largest absolute Gasteiger partial charge is 0.349 e. The summed E-state index contributed by atoms with van der Waals surface area (Å²) in [6.07, 6.45) is 6.34. The summed E-state index contributed by atoms with van der Waals surface area (Å²) in [6.45, 7) is 10.0. The first kappa shape index (κ1) is 15.8. The molecule has 0 aliphatic carbocycles. The van der Waals surface area contributed by atoms with Crippen molar-refractivity contribution in [3.05, 3.63) is 54.1 Å². The summed E-state index contributed by atoms with van der Waals surface area (Å²) in [4.78, 5) is 12.1. The number of thioether (sulfide) groups is 1. The highest BCUT2D eigenvalue weighted by atomic mass is 32.2. The maximum Gasteiger partial charge on any atom is 0.160 e. The first-order valence-corrected chi connectivity index (χ1v) is 9.42. The number of rotatable bonds is 2. The summed E-state index contributed by atoms with van der Waals surface area (Å²) in [5.41, 5.74) is 2.48. The first-order chi connectivity index (χ1) is 11.4. The fourth-order valence-electron chi connectivity index (χ4n) is 3.48. The maximum atomic E-state index is 5.03. The number of hydrogen-bond acceptors (Lipinski definition) is 4. The van der Waals surface area contributed by atoms with Gasteiger partial charge in [0, 0.05) is 35.9 Å². The maximum absolute atomic E-state index is 5.03. The molecular weight excluding hydrogens is 316 g/mol. The molecule has 0 spiro atoms. The van der Waals surface area contributed by atoms with E-state index in [4.69, 9.17) is 4.99 Å². The molecule has 0 radical (unpaired) electrons. The fraction of sp³-hybridized carbons (Fsp3) is 0.474. The van der Waals surface area contributed by atoms with E-state index in [1.165, 1.54) is 10.7 Å². The van der Waals surface area contributed by atoms with E-state index in [1.54, 1.807) is 0 Å². The van der Waals surface area contributed by atoms with Crippen LogP contribution >= 0.6 is 11.8 Å². The van der Waals surface area contributed by atoms with Gasteiger partial charge in [0.1, 0.15) is 6.04 Å². The minimum atomic E-state index is 0.0806. The van der Waals surface area contributed by atoms with E-state index in [-0.39, 0.29) is 17.6 Å². The molecule has 4 nitrogen and oxygen atoms in total. The van der Waals surface area contributed by atoms with E-state index in [1.807, 2.05) is 24.0 Å². The molecule has 4 rings (SSSR count). The summed E-state index contributed by atoms with van der Waals surface area (Å²) in [7, 11) is 0. The Balaban J connectivity index is 1.74. The van der Waals surface area contributed by atoms with Crippen molar-refractivity contribution in [1.29, 1.82) is 0 Å². The molecule has 126 valence electrons. The van der Waals surface area contributed by atoms with Gasteiger partial charge in [0.25, 0.3) is 0 Å². The van der Waals surface area contributed by atoms with Crippen LogP contribution in [0.3, 0.4) is 0 Å². The average molecular weight is 340 g/mol. The lowest BCUT2D eigenvalue weighted by Gasteiger charge is -2.27. The number of nitrogens with zero attached hydrogens (tertiary/aromatic N) is 4. The van der Waals surface area contributed by atoms with Crippen molar-refractivity contribution in [2.75, 3.05) is 6.54 Å². The summed E-state index contributed by atoms with van der Waals surface area (Å²) in [6, 6.07) is 8.69. The van der Waals surface area contributed by atoms with E-state index in [9.17, 15) is 0 Å². The van der Waals surface area contributed by atoms with Gasteiger partial charge in [-0.25, -0.2) is 0 Å². The Hall–Kier alpha value is -1.75. The molecule has 0 aromatic carbocycles. The third kappa shape index (κ3) is 2.65. The number of hydrogen-bond donors (Lipinski definition) is 0. The third-order valence-electron chi connectivity index (χ3n) is 4.71. The van der Waals surface area contributed by atoms with Crippen LogP contribution in [-0.4, -0.2) is 31.4 Å². The molecule has 1 saturated heterocycles. The molecule has 2 aliphatic heterocycles. The van der Waals surface area contributed by atoms with Crippen LogP contribution in [0.5, 0.6) is 0 Å². The lowest BCUT2D eigenvalue weighted by Crippen LogP contribution is -2.28. The second-order valence-electron chi connectivity index (χ2n) is 7.66. The molecule has 4 heterocycles. The summed E-state index contributed by atoms with van der Waals surface area (Å²) < 4.78 is 2.29. The highest BCUT2D eigenvalue weighted by molar-refractivity contribution is 8.14. The molecular formula is C19H24N4S. The zero-order valence-electron chi connectivity index (χ0n) is 14.7. The smallest absolute Gasteiger partial charge is 0.160 e. The van der Waals surface area contributed by atoms with Crippen molar-refractivity contribution in [1.82, 2.24) is 14.5 Å². The summed E-state index contributed by atoms with van der Waals surface area (Å²) in [5.74, 6) is 0. The van der Waals surface area contributed by atoms with Crippen molar-refractivity contribution in [3.8, 4) is 0 Å². The average Bonchev–Trinajstić information content (AvgIpc) is 3.20. The van der Waals surface area contributed by atoms with Crippen LogP contribution in [0.2, 0.25) is 0 Å². The van der Waals surface area contributed by atoms with E-state index in [2.05, 4.69) is 72.7 Å².